The summed E-state index contributed by atoms with van der Waals surface area (Å²) in [5.41, 5.74) is 11.6. The molecule has 42 heavy (non-hydrogen) atoms. The number of allylic oxidation sites excluding steroid dienone is 6. The largest absolute Gasteiger partial charge is 0.389 e. The molecule has 0 saturated carbocycles. The van der Waals surface area contributed by atoms with Crippen molar-refractivity contribution in [2.75, 3.05) is 42.9 Å². The van der Waals surface area contributed by atoms with Crippen LogP contribution in [-0.2, 0) is 6.42 Å². The minimum atomic E-state index is -4.13. The Kier molecular flexibility index (Phi) is 10.5. The summed E-state index contributed by atoms with van der Waals surface area (Å²) in [5, 5.41) is 3.30. The molecule has 0 unspecified atom stereocenters. The van der Waals surface area contributed by atoms with Gasteiger partial charge < -0.3 is 10.2 Å². The lowest BCUT2D eigenvalue weighted by molar-refractivity contribution is -0.519. The maximum Gasteiger partial charge on any atom is 0.389 e. The van der Waals surface area contributed by atoms with E-state index in [1.807, 2.05) is 6.07 Å². The van der Waals surface area contributed by atoms with Gasteiger partial charge in [-0.1, -0.05) is 24.3 Å². The van der Waals surface area contributed by atoms with Crippen LogP contribution in [0.25, 0.3) is 11.6 Å². The Labute approximate surface area is 249 Å². The van der Waals surface area contributed by atoms with E-state index in [4.69, 9.17) is 0 Å². The highest BCUT2D eigenvalue weighted by atomic mass is 19.4. The molecule has 2 aromatic rings. The van der Waals surface area contributed by atoms with Crippen LogP contribution in [0.5, 0.6) is 0 Å². The first kappa shape index (κ1) is 31.4. The molecule has 2 aromatic carbocycles. The Morgan fingerprint density at radius 2 is 1.60 bits per heavy atom. The highest BCUT2D eigenvalue weighted by Gasteiger charge is 2.26. The summed E-state index contributed by atoms with van der Waals surface area (Å²) >= 11 is 0. The number of fused-ring (bicyclic) bond motifs is 1. The average molecular weight is 577 g/mol. The van der Waals surface area contributed by atoms with Gasteiger partial charge in [-0.15, -0.1) is 0 Å². The van der Waals surface area contributed by atoms with Crippen molar-refractivity contribution in [2.24, 2.45) is 0 Å². The monoisotopic (exact) mass is 576 g/mol. The maximum absolute atomic E-state index is 12.7. The van der Waals surface area contributed by atoms with Crippen LogP contribution in [0.1, 0.15) is 74.8 Å². The van der Waals surface area contributed by atoms with Gasteiger partial charge in [-0.3, -0.25) is 0 Å². The van der Waals surface area contributed by atoms with Crippen molar-refractivity contribution < 1.29 is 17.7 Å². The minimum Gasteiger partial charge on any atom is -0.385 e. The van der Waals surface area contributed by atoms with Gasteiger partial charge in [0.05, 0.1) is 0 Å². The van der Waals surface area contributed by atoms with E-state index in [1.54, 1.807) is 0 Å². The van der Waals surface area contributed by atoms with Crippen molar-refractivity contribution in [3.8, 4) is 0 Å². The number of nitrogens with zero attached hydrogens (tertiary/aromatic N) is 2. The minimum absolute atomic E-state index is 0.0537. The zero-order chi connectivity index (χ0) is 30.3. The van der Waals surface area contributed by atoms with Crippen molar-refractivity contribution in [3.63, 3.8) is 0 Å². The van der Waals surface area contributed by atoms with E-state index in [2.05, 4.69) is 110 Å². The highest BCUT2D eigenvalue weighted by Crippen LogP contribution is 2.40. The first-order chi connectivity index (χ1) is 20.2. The van der Waals surface area contributed by atoms with E-state index in [0.717, 1.165) is 55.8 Å². The van der Waals surface area contributed by atoms with Gasteiger partial charge in [0, 0.05) is 55.1 Å². The summed E-state index contributed by atoms with van der Waals surface area (Å²) in [6.07, 6.45) is 10.1. The summed E-state index contributed by atoms with van der Waals surface area (Å²) in [6, 6.07) is 11.0. The predicted molar refractivity (Wildman–Crippen MR) is 173 cm³/mol. The Bertz CT molecular complexity index is 1400. The maximum atomic E-state index is 12.7. The molecule has 0 bridgehead atoms. The summed E-state index contributed by atoms with van der Waals surface area (Å²) in [7, 11) is 0. The van der Waals surface area contributed by atoms with E-state index >= 15 is 0 Å². The second-order valence-electron chi connectivity index (χ2n) is 10.9. The molecule has 224 valence electrons. The summed E-state index contributed by atoms with van der Waals surface area (Å²) in [4.78, 5) is 2.36. The normalized spacial score (nSPS) is 14.3. The average Bonchev–Trinajstić information content (AvgIpc) is 2.98. The number of alkyl halides is 3. The van der Waals surface area contributed by atoms with Gasteiger partial charge in [-0.25, -0.2) is 4.58 Å². The molecule has 0 radical (unpaired) electrons. The molecule has 0 heterocycles. The van der Waals surface area contributed by atoms with Gasteiger partial charge in [0.15, 0.2) is 5.71 Å². The fourth-order valence-electron chi connectivity index (χ4n) is 6.05. The van der Waals surface area contributed by atoms with Crippen molar-refractivity contribution in [1.29, 1.82) is 0 Å². The van der Waals surface area contributed by atoms with Crippen LogP contribution < -0.4 is 10.2 Å². The number of nitrogens with one attached hydrogen (secondary N) is 1. The summed E-state index contributed by atoms with van der Waals surface area (Å²) < 4.78 is 40.5. The molecular weight excluding hydrogens is 531 g/mol. The van der Waals surface area contributed by atoms with Crippen LogP contribution in [0.4, 0.5) is 24.5 Å². The molecule has 6 heteroatoms. The van der Waals surface area contributed by atoms with Crippen LogP contribution in [0, 0.1) is 6.92 Å². The number of halogens is 3. The van der Waals surface area contributed by atoms with Crippen molar-refractivity contribution >= 4 is 28.7 Å². The molecule has 0 aliphatic heterocycles. The fraction of sp³-hybridized carbons (Fsp3) is 0.417. The van der Waals surface area contributed by atoms with E-state index in [9.17, 15) is 13.2 Å². The smallest absolute Gasteiger partial charge is 0.385 e. The lowest BCUT2D eigenvalue weighted by Crippen LogP contribution is -2.21. The lowest BCUT2D eigenvalue weighted by Gasteiger charge is -2.26. The van der Waals surface area contributed by atoms with E-state index < -0.39 is 12.6 Å². The van der Waals surface area contributed by atoms with E-state index in [1.165, 1.54) is 39.2 Å². The number of aryl methyl sites for hydroxylation is 1. The van der Waals surface area contributed by atoms with Crippen LogP contribution in [0.2, 0.25) is 0 Å². The first-order valence-corrected chi connectivity index (χ1v) is 15.4. The number of hydrogen-bond acceptors (Lipinski definition) is 2. The highest BCUT2D eigenvalue weighted by molar-refractivity contribution is 6.04. The Morgan fingerprint density at radius 3 is 2.21 bits per heavy atom. The standard InChI is InChI=1S/C36H44F3N3/c1-6-41(7-2)28-17-15-27(16-18-28)35(30-20-19-29(25-26(30)5)42(8-3)9-4)33-21-22-34(32-14-11-10-13-31(32)33)40-24-12-23-36(37,38)39/h11,14-22,25H,6-10,12-13,23-24H2,1-5H3/p+1. The van der Waals surface area contributed by atoms with Crippen LogP contribution in [-0.4, -0.2) is 49.2 Å². The number of benzene rings is 2. The van der Waals surface area contributed by atoms with Crippen molar-refractivity contribution in [3.05, 3.63) is 94.1 Å². The second-order valence-corrected chi connectivity index (χ2v) is 10.9. The summed E-state index contributed by atoms with van der Waals surface area (Å²) in [5.74, 6) is 0. The molecule has 0 saturated heterocycles. The van der Waals surface area contributed by atoms with Crippen LogP contribution >= 0.6 is 0 Å². The van der Waals surface area contributed by atoms with Gasteiger partial charge in [-0.2, -0.15) is 13.2 Å². The molecule has 4 rings (SSSR count). The number of rotatable bonds is 11. The zero-order valence-corrected chi connectivity index (χ0v) is 25.7. The van der Waals surface area contributed by atoms with E-state index in [0.29, 0.717) is 0 Å². The Hall–Kier alpha value is -3.54. The number of anilines is 2. The zero-order valence-electron chi connectivity index (χ0n) is 25.7. The Morgan fingerprint density at radius 1 is 0.905 bits per heavy atom. The first-order valence-electron chi connectivity index (χ1n) is 15.4. The molecule has 2 aliphatic carbocycles. The molecule has 0 spiro atoms. The summed E-state index contributed by atoms with van der Waals surface area (Å²) in [6.45, 7) is 15.0. The second kappa shape index (κ2) is 14.1. The van der Waals surface area contributed by atoms with Crippen LogP contribution in [0.3, 0.4) is 0 Å². The topological polar surface area (TPSA) is 18.3 Å². The molecule has 1 N–H and O–H groups in total. The third kappa shape index (κ3) is 7.26. The van der Waals surface area contributed by atoms with Gasteiger partial charge in [0.25, 0.3) is 0 Å². The van der Waals surface area contributed by atoms with Gasteiger partial charge >= 0.3 is 6.18 Å². The lowest BCUT2D eigenvalue weighted by atomic mass is 9.82. The molecule has 0 atom stereocenters. The third-order valence-electron chi connectivity index (χ3n) is 8.32. The number of hydrogen-bond donors (Lipinski definition) is 1. The Balaban J connectivity index is 1.84. The quantitative estimate of drug-likeness (QED) is 0.213. The molecule has 3 nitrogen and oxygen atoms in total. The van der Waals surface area contributed by atoms with Gasteiger partial charge in [0.1, 0.15) is 13.1 Å². The van der Waals surface area contributed by atoms with E-state index in [-0.39, 0.29) is 13.0 Å². The van der Waals surface area contributed by atoms with Gasteiger partial charge in [-0.05, 0) is 118 Å². The molecular formula is C36H45F3N3+. The molecule has 0 fully saturated rings. The van der Waals surface area contributed by atoms with Gasteiger partial charge in [0.2, 0.25) is 0 Å². The molecule has 0 amide bonds. The van der Waals surface area contributed by atoms with Crippen molar-refractivity contribution in [1.82, 2.24) is 0 Å². The third-order valence-corrected chi connectivity index (χ3v) is 8.32. The van der Waals surface area contributed by atoms with Crippen molar-refractivity contribution in [2.45, 2.75) is 66.5 Å². The molecule has 2 aliphatic rings. The predicted octanol–water partition coefficient (Wildman–Crippen LogP) is 8.98. The van der Waals surface area contributed by atoms with Crippen LogP contribution in [0.15, 0.2) is 66.3 Å². The molecule has 0 aromatic heterocycles. The fourth-order valence-corrected chi connectivity index (χ4v) is 6.05. The SMILES string of the molecule is CCN(CC)c1ccc(C(=C2C=CC(=[N+](CC)CC)C=C2)c2ccc(NCCCC(F)(F)F)c3c2CCC=C3)c(C)c1.